The molecule has 2 unspecified atom stereocenters. The van der Waals surface area contributed by atoms with E-state index in [0.29, 0.717) is 12.1 Å². The lowest BCUT2D eigenvalue weighted by atomic mass is 9.73. The molecule has 36 heavy (non-hydrogen) atoms. The van der Waals surface area contributed by atoms with Gasteiger partial charge in [0.1, 0.15) is 18.4 Å². The van der Waals surface area contributed by atoms with E-state index in [2.05, 4.69) is 30.4 Å². The first-order valence-electron chi connectivity index (χ1n) is 10.3. The highest BCUT2D eigenvalue weighted by molar-refractivity contribution is 6.31. The Morgan fingerprint density at radius 2 is 1.94 bits per heavy atom. The van der Waals surface area contributed by atoms with E-state index in [1.807, 2.05) is 0 Å². The van der Waals surface area contributed by atoms with E-state index < -0.39 is 82.4 Å². The molecule has 0 saturated carbocycles. The number of aliphatic imine (C=N–C) groups is 1. The van der Waals surface area contributed by atoms with Crippen LogP contribution in [0.1, 0.15) is 36.7 Å². The lowest BCUT2D eigenvalue weighted by molar-refractivity contribution is -0.146. The second kappa shape index (κ2) is 10.7. The number of nitrogens with one attached hydrogen (secondary N) is 1. The Balaban J connectivity index is 2.45. The molecule has 194 valence electrons. The zero-order valence-corrected chi connectivity index (χ0v) is 19.7. The number of ether oxygens (including phenoxy) is 2. The van der Waals surface area contributed by atoms with Crippen LogP contribution in [-0.2, 0) is 31.7 Å². The van der Waals surface area contributed by atoms with E-state index in [0.717, 1.165) is 7.11 Å². The smallest absolute Gasteiger partial charge is 0.418 e. The van der Waals surface area contributed by atoms with Crippen LogP contribution < -0.4 is 0 Å². The number of aromatic nitrogens is 4. The maximum atomic E-state index is 15.3. The summed E-state index contributed by atoms with van der Waals surface area (Å²) in [5, 5.41) is 12.0. The zero-order valence-electron chi connectivity index (χ0n) is 19.0. The fraction of sp³-hybridized carbons (Fsp3) is 0.429. The first-order valence-corrected chi connectivity index (χ1v) is 10.7. The Kier molecular flexibility index (Phi) is 8.06. The number of hydrogen-bond acceptors (Lipinski definition) is 8. The van der Waals surface area contributed by atoms with Crippen molar-refractivity contribution in [1.29, 1.82) is 0 Å². The van der Waals surface area contributed by atoms with Gasteiger partial charge in [-0.05, 0) is 26.0 Å². The van der Waals surface area contributed by atoms with E-state index in [1.54, 1.807) is 0 Å². The monoisotopic (exact) mass is 535 g/mol. The normalized spacial score (nSPS) is 18.3. The molecule has 1 aromatic heterocycles. The number of methoxy groups -OCH3 is 1. The molecule has 2 aromatic rings. The standard InChI is InChI=1S/C21H19ClF5N5O4/c1-8(2)36-20(34)15-11(6-13-29-31-32-30-13)28-12(7-23)16(19(33)35-3)17(15)14-10(24)5-4-9(22)18(14)21(25,26)27/h4-5,8,16-17H,6-7H2,1-3H3,(H,29,30,31,32). The van der Waals surface area contributed by atoms with Crippen molar-refractivity contribution in [3.8, 4) is 0 Å². The van der Waals surface area contributed by atoms with Crippen LogP contribution in [0.25, 0.3) is 0 Å². The van der Waals surface area contributed by atoms with Crippen molar-refractivity contribution in [2.45, 2.75) is 38.5 Å². The van der Waals surface area contributed by atoms with Crippen molar-refractivity contribution in [2.75, 3.05) is 13.8 Å². The summed E-state index contributed by atoms with van der Waals surface area (Å²) in [5.41, 5.74) is -4.37. The molecule has 0 aliphatic carbocycles. The highest BCUT2D eigenvalue weighted by atomic mass is 35.5. The SMILES string of the molecule is COC(=O)C1C(CF)=NC(Cc2nn[nH]n2)=C(C(=O)OC(C)C)C1c1c(F)ccc(Cl)c1C(F)(F)F. The van der Waals surface area contributed by atoms with Crippen LogP contribution in [0.4, 0.5) is 22.0 Å². The van der Waals surface area contributed by atoms with Crippen molar-refractivity contribution >= 4 is 29.3 Å². The number of hydrogen-bond donors (Lipinski definition) is 1. The summed E-state index contributed by atoms with van der Waals surface area (Å²) in [6.07, 6.45) is -6.43. The molecule has 0 fully saturated rings. The minimum absolute atomic E-state index is 0.0697. The van der Waals surface area contributed by atoms with Gasteiger partial charge in [-0.25, -0.2) is 13.6 Å². The second-order valence-electron chi connectivity index (χ2n) is 7.85. The van der Waals surface area contributed by atoms with Gasteiger partial charge in [-0.1, -0.05) is 16.8 Å². The van der Waals surface area contributed by atoms with E-state index in [4.69, 9.17) is 16.3 Å². The highest BCUT2D eigenvalue weighted by Gasteiger charge is 2.50. The fourth-order valence-electron chi connectivity index (χ4n) is 3.89. The number of carbonyl (C=O) groups excluding carboxylic acids is 2. The van der Waals surface area contributed by atoms with Crippen molar-refractivity contribution in [3.05, 3.63) is 51.2 Å². The van der Waals surface area contributed by atoms with Crippen molar-refractivity contribution in [2.24, 2.45) is 10.9 Å². The van der Waals surface area contributed by atoms with Gasteiger partial charge >= 0.3 is 18.1 Å². The largest absolute Gasteiger partial charge is 0.468 e. The molecule has 0 bridgehead atoms. The number of benzene rings is 1. The molecular weight excluding hydrogens is 517 g/mol. The van der Waals surface area contributed by atoms with Crippen LogP contribution in [0, 0.1) is 11.7 Å². The Hall–Kier alpha value is -3.42. The lowest BCUT2D eigenvalue weighted by Crippen LogP contribution is -2.40. The van der Waals surface area contributed by atoms with Crippen LogP contribution in [0.5, 0.6) is 0 Å². The number of carbonyl (C=O) groups is 2. The molecule has 2 heterocycles. The Labute approximate surface area is 205 Å². The number of rotatable bonds is 7. The van der Waals surface area contributed by atoms with Gasteiger partial charge in [-0.3, -0.25) is 9.79 Å². The van der Waals surface area contributed by atoms with Gasteiger partial charge in [0.2, 0.25) is 0 Å². The average molecular weight is 536 g/mol. The molecule has 15 heteroatoms. The number of tetrazole rings is 1. The van der Waals surface area contributed by atoms with Gasteiger partial charge < -0.3 is 9.47 Å². The van der Waals surface area contributed by atoms with Gasteiger partial charge in [-0.2, -0.15) is 18.4 Å². The predicted octanol–water partition coefficient (Wildman–Crippen LogP) is 3.76. The summed E-state index contributed by atoms with van der Waals surface area (Å²) in [4.78, 5) is 30.0. The first kappa shape index (κ1) is 27.2. The van der Waals surface area contributed by atoms with E-state index in [-0.39, 0.29) is 11.5 Å². The van der Waals surface area contributed by atoms with Gasteiger partial charge in [0.25, 0.3) is 0 Å². The summed E-state index contributed by atoms with van der Waals surface area (Å²) in [6.45, 7) is 1.50. The van der Waals surface area contributed by atoms with Gasteiger partial charge in [0.05, 0.1) is 47.2 Å². The summed E-state index contributed by atoms with van der Waals surface area (Å²) in [7, 11) is 0.902. The number of halogens is 6. The average Bonchev–Trinajstić information content (AvgIpc) is 3.30. The highest BCUT2D eigenvalue weighted by Crippen LogP contribution is 2.48. The topological polar surface area (TPSA) is 119 Å². The molecule has 1 aliphatic heterocycles. The Bertz CT molecular complexity index is 1210. The molecule has 0 saturated heterocycles. The number of alkyl halides is 4. The third kappa shape index (κ3) is 5.37. The number of aromatic amines is 1. The molecule has 1 aliphatic rings. The predicted molar refractivity (Wildman–Crippen MR) is 114 cm³/mol. The zero-order chi connectivity index (χ0) is 26.8. The minimum atomic E-state index is -5.22. The Morgan fingerprint density at radius 3 is 2.47 bits per heavy atom. The van der Waals surface area contributed by atoms with Crippen LogP contribution in [0.3, 0.4) is 0 Å². The fourth-order valence-corrected chi connectivity index (χ4v) is 4.16. The number of allylic oxidation sites excluding steroid dienone is 1. The van der Waals surface area contributed by atoms with Gasteiger partial charge in [0, 0.05) is 11.5 Å². The van der Waals surface area contributed by atoms with Gasteiger partial charge in [0.15, 0.2) is 5.82 Å². The summed E-state index contributed by atoms with van der Waals surface area (Å²) in [6, 6.07) is 1.33. The molecule has 0 spiro atoms. The van der Waals surface area contributed by atoms with Crippen LogP contribution in [0.2, 0.25) is 5.02 Å². The van der Waals surface area contributed by atoms with Crippen LogP contribution in [-0.4, -0.2) is 58.2 Å². The number of H-pyrrole nitrogens is 1. The maximum absolute atomic E-state index is 15.3. The van der Waals surface area contributed by atoms with Crippen molar-refractivity contribution in [1.82, 2.24) is 20.6 Å². The second-order valence-corrected chi connectivity index (χ2v) is 8.26. The molecule has 1 N–H and O–H groups in total. The van der Waals surface area contributed by atoms with Crippen molar-refractivity contribution < 1.29 is 41.0 Å². The van der Waals surface area contributed by atoms with Gasteiger partial charge in [-0.15, -0.1) is 10.2 Å². The lowest BCUT2D eigenvalue weighted by Gasteiger charge is -2.34. The minimum Gasteiger partial charge on any atom is -0.468 e. The molecule has 9 nitrogen and oxygen atoms in total. The first-order chi connectivity index (χ1) is 16.9. The van der Waals surface area contributed by atoms with Crippen LogP contribution >= 0.6 is 11.6 Å². The van der Waals surface area contributed by atoms with E-state index in [1.165, 1.54) is 13.8 Å². The maximum Gasteiger partial charge on any atom is 0.418 e. The molecule has 0 radical (unpaired) electrons. The summed E-state index contributed by atoms with van der Waals surface area (Å²) in [5.74, 6) is -7.99. The van der Waals surface area contributed by atoms with E-state index >= 15 is 4.39 Å². The van der Waals surface area contributed by atoms with E-state index in [9.17, 15) is 27.2 Å². The quantitative estimate of drug-likeness (QED) is 0.423. The molecule has 1 aromatic carbocycles. The third-order valence-corrected chi connectivity index (χ3v) is 5.51. The summed E-state index contributed by atoms with van der Waals surface area (Å²) >= 11 is 5.83. The van der Waals surface area contributed by atoms with Crippen LogP contribution in [0.15, 0.2) is 28.4 Å². The molecular formula is C21H19ClF5N5O4. The Morgan fingerprint density at radius 1 is 1.25 bits per heavy atom. The third-order valence-electron chi connectivity index (χ3n) is 5.20. The summed E-state index contributed by atoms with van der Waals surface area (Å²) < 4.78 is 81.7. The molecule has 2 atom stereocenters. The molecule has 0 amide bonds. The number of nitrogens with zero attached hydrogens (tertiary/aromatic N) is 4. The molecule has 3 rings (SSSR count). The van der Waals surface area contributed by atoms with Crippen molar-refractivity contribution in [3.63, 3.8) is 0 Å². The number of esters is 2.